The fourth-order valence-corrected chi connectivity index (χ4v) is 4.24. The summed E-state index contributed by atoms with van der Waals surface area (Å²) in [5.74, 6) is -2.61. The summed E-state index contributed by atoms with van der Waals surface area (Å²) in [5.41, 5.74) is 6.80. The summed E-state index contributed by atoms with van der Waals surface area (Å²) in [6.07, 6.45) is 2.98. The van der Waals surface area contributed by atoms with Crippen molar-refractivity contribution < 1.29 is 28.7 Å². The highest BCUT2D eigenvalue weighted by Crippen LogP contribution is 2.37. The number of hydrogen-bond donors (Lipinski definition) is 3. The predicted octanol–water partition coefficient (Wildman–Crippen LogP) is 1.69. The zero-order valence-electron chi connectivity index (χ0n) is 19.4. The first-order valence-corrected chi connectivity index (χ1v) is 11.2. The minimum absolute atomic E-state index is 0.0431. The Balaban J connectivity index is 1.65. The molecular formula is C23H26N6O6. The molecule has 0 bridgehead atoms. The van der Waals surface area contributed by atoms with Crippen LogP contribution in [0, 0.1) is 0 Å². The van der Waals surface area contributed by atoms with Crippen molar-refractivity contribution in [3.05, 3.63) is 34.9 Å². The first-order valence-electron chi connectivity index (χ1n) is 11.2. The van der Waals surface area contributed by atoms with Crippen molar-refractivity contribution >= 4 is 47.0 Å². The van der Waals surface area contributed by atoms with E-state index in [1.165, 1.54) is 32.4 Å². The molecule has 1 atom stereocenters. The van der Waals surface area contributed by atoms with Crippen molar-refractivity contribution in [1.82, 2.24) is 9.97 Å². The molecule has 2 aliphatic rings. The summed E-state index contributed by atoms with van der Waals surface area (Å²) in [6, 6.07) is 4.02. The van der Waals surface area contributed by atoms with Crippen molar-refractivity contribution in [2.24, 2.45) is 0 Å². The maximum absolute atomic E-state index is 13.3. The van der Waals surface area contributed by atoms with Gasteiger partial charge in [-0.05, 0) is 37.5 Å². The third-order valence-electron chi connectivity index (χ3n) is 5.96. The summed E-state index contributed by atoms with van der Waals surface area (Å²) in [5, 5.41) is 5.35. The Bertz CT molecular complexity index is 1160. The molecule has 4 N–H and O–H groups in total. The predicted molar refractivity (Wildman–Crippen MR) is 126 cm³/mol. The van der Waals surface area contributed by atoms with Gasteiger partial charge in [-0.3, -0.25) is 9.59 Å². The normalized spacial score (nSPS) is 17.1. The number of benzene rings is 1. The van der Waals surface area contributed by atoms with Crippen LogP contribution in [-0.4, -0.2) is 61.0 Å². The van der Waals surface area contributed by atoms with Crippen LogP contribution < -0.4 is 21.3 Å². The van der Waals surface area contributed by atoms with Crippen LogP contribution in [0.5, 0.6) is 0 Å². The third-order valence-corrected chi connectivity index (χ3v) is 5.96. The van der Waals surface area contributed by atoms with Gasteiger partial charge in [0.1, 0.15) is 11.6 Å². The zero-order valence-corrected chi connectivity index (χ0v) is 19.4. The number of carbonyl (C=O) groups excluding carboxylic acids is 4. The van der Waals surface area contributed by atoms with Gasteiger partial charge in [0.2, 0.25) is 17.8 Å². The Kier molecular flexibility index (Phi) is 6.80. The van der Waals surface area contributed by atoms with E-state index in [0.29, 0.717) is 11.5 Å². The number of esters is 2. The smallest absolute Gasteiger partial charge is 0.337 e. The maximum Gasteiger partial charge on any atom is 0.337 e. The molecule has 35 heavy (non-hydrogen) atoms. The zero-order chi connectivity index (χ0) is 25.1. The second-order valence-electron chi connectivity index (χ2n) is 8.30. The largest absolute Gasteiger partial charge is 0.465 e. The van der Waals surface area contributed by atoms with Crippen LogP contribution in [0.25, 0.3) is 0 Å². The Morgan fingerprint density at radius 2 is 1.66 bits per heavy atom. The molecule has 4 rings (SSSR count). The van der Waals surface area contributed by atoms with Gasteiger partial charge < -0.3 is 30.7 Å². The summed E-state index contributed by atoms with van der Waals surface area (Å²) in [6.45, 7) is 1.57. The van der Waals surface area contributed by atoms with E-state index in [1.54, 1.807) is 0 Å². The molecule has 0 radical (unpaired) electrons. The Hall–Kier alpha value is -4.22. The summed E-state index contributed by atoms with van der Waals surface area (Å²) >= 11 is 0. The molecule has 0 aliphatic carbocycles. The average Bonchev–Trinajstić information content (AvgIpc) is 2.87. The lowest BCUT2D eigenvalue weighted by Crippen LogP contribution is -2.35. The first-order chi connectivity index (χ1) is 16.8. The molecule has 2 aromatic rings. The summed E-state index contributed by atoms with van der Waals surface area (Å²) in [4.78, 5) is 60.7. The standard InChI is InChI=1S/C23H26N6O6/c1-34-21(32)12-8-13(22(33)35-2)10-14(9-12)25-20(31)15-11-16(30)26-19-17(15)18(24)27-23(28-19)29-6-4-3-5-7-29/h8-10,15H,3-7,11H2,1-2H3,(H,25,31)(H3,24,26,27,28,30). The van der Waals surface area contributed by atoms with Crippen LogP contribution in [0.15, 0.2) is 18.2 Å². The maximum atomic E-state index is 13.3. The van der Waals surface area contributed by atoms with Gasteiger partial charge in [0.05, 0.1) is 36.8 Å². The van der Waals surface area contributed by atoms with Crippen LogP contribution in [0.1, 0.15) is 57.9 Å². The molecule has 0 saturated carbocycles. The van der Waals surface area contributed by atoms with E-state index in [-0.39, 0.29) is 40.8 Å². The van der Waals surface area contributed by atoms with Crippen LogP contribution in [0.4, 0.5) is 23.3 Å². The van der Waals surface area contributed by atoms with Crippen molar-refractivity contribution in [3.8, 4) is 0 Å². The van der Waals surface area contributed by atoms with Gasteiger partial charge in [0.25, 0.3) is 0 Å². The minimum Gasteiger partial charge on any atom is -0.465 e. The molecule has 1 aromatic carbocycles. The number of ether oxygens (including phenoxy) is 2. The van der Waals surface area contributed by atoms with Crippen molar-refractivity contribution in [1.29, 1.82) is 0 Å². The molecule has 1 unspecified atom stereocenters. The number of nitrogens with two attached hydrogens (primary N) is 1. The van der Waals surface area contributed by atoms with Crippen molar-refractivity contribution in [3.63, 3.8) is 0 Å². The number of nitrogens with one attached hydrogen (secondary N) is 2. The molecule has 184 valence electrons. The highest BCUT2D eigenvalue weighted by molar-refractivity contribution is 6.06. The van der Waals surface area contributed by atoms with Gasteiger partial charge in [-0.2, -0.15) is 9.97 Å². The number of rotatable bonds is 5. The quantitative estimate of drug-likeness (QED) is 0.534. The monoisotopic (exact) mass is 482 g/mol. The van der Waals surface area contributed by atoms with Crippen LogP contribution in [0.3, 0.4) is 0 Å². The molecule has 2 aliphatic heterocycles. The Labute approximate surface area is 201 Å². The molecule has 1 aromatic heterocycles. The summed E-state index contributed by atoms with van der Waals surface area (Å²) in [7, 11) is 2.40. The molecule has 2 amide bonds. The van der Waals surface area contributed by atoms with Gasteiger partial charge in [0.15, 0.2) is 0 Å². The number of piperidine rings is 1. The lowest BCUT2D eigenvalue weighted by atomic mass is 9.91. The van der Waals surface area contributed by atoms with Gasteiger partial charge in [-0.15, -0.1) is 0 Å². The second kappa shape index (κ2) is 9.95. The van der Waals surface area contributed by atoms with E-state index in [1.807, 2.05) is 4.90 Å². The number of aromatic nitrogens is 2. The SMILES string of the molecule is COC(=O)c1cc(NC(=O)C2CC(=O)Nc3nc(N4CCCCC4)nc(N)c32)cc(C(=O)OC)c1. The summed E-state index contributed by atoms with van der Waals surface area (Å²) < 4.78 is 9.45. The van der Waals surface area contributed by atoms with E-state index in [4.69, 9.17) is 15.2 Å². The molecular weight excluding hydrogens is 456 g/mol. The fraction of sp³-hybridized carbons (Fsp3) is 0.391. The number of nitrogens with zero attached hydrogens (tertiary/aromatic N) is 3. The topological polar surface area (TPSA) is 166 Å². The molecule has 1 saturated heterocycles. The Morgan fingerprint density at radius 3 is 2.26 bits per heavy atom. The van der Waals surface area contributed by atoms with Crippen molar-refractivity contribution in [2.45, 2.75) is 31.6 Å². The third kappa shape index (κ3) is 5.00. The first kappa shape index (κ1) is 23.9. The lowest BCUT2D eigenvalue weighted by Gasteiger charge is -2.30. The second-order valence-corrected chi connectivity index (χ2v) is 8.30. The number of hydrogen-bond acceptors (Lipinski definition) is 10. The Morgan fingerprint density at radius 1 is 1.03 bits per heavy atom. The number of anilines is 4. The molecule has 0 spiro atoms. The van der Waals surface area contributed by atoms with Gasteiger partial charge in [-0.25, -0.2) is 9.59 Å². The van der Waals surface area contributed by atoms with Gasteiger partial charge >= 0.3 is 11.9 Å². The molecule has 1 fully saturated rings. The molecule has 12 heteroatoms. The number of carbonyl (C=O) groups is 4. The number of methoxy groups -OCH3 is 2. The minimum atomic E-state index is -0.975. The average molecular weight is 482 g/mol. The van der Waals surface area contributed by atoms with E-state index in [0.717, 1.165) is 32.4 Å². The lowest BCUT2D eigenvalue weighted by molar-refractivity contribution is -0.123. The highest BCUT2D eigenvalue weighted by atomic mass is 16.5. The van der Waals surface area contributed by atoms with E-state index < -0.39 is 23.8 Å². The van der Waals surface area contributed by atoms with Gasteiger partial charge in [-0.1, -0.05) is 0 Å². The highest BCUT2D eigenvalue weighted by Gasteiger charge is 2.35. The fourth-order valence-electron chi connectivity index (χ4n) is 4.24. The molecule has 3 heterocycles. The van der Waals surface area contributed by atoms with Crippen LogP contribution >= 0.6 is 0 Å². The van der Waals surface area contributed by atoms with Crippen LogP contribution in [-0.2, 0) is 19.1 Å². The van der Waals surface area contributed by atoms with E-state index >= 15 is 0 Å². The van der Waals surface area contributed by atoms with Crippen LogP contribution in [0.2, 0.25) is 0 Å². The number of amides is 2. The van der Waals surface area contributed by atoms with E-state index in [9.17, 15) is 19.2 Å². The van der Waals surface area contributed by atoms with Crippen molar-refractivity contribution in [2.75, 3.05) is 48.6 Å². The van der Waals surface area contributed by atoms with E-state index in [2.05, 4.69) is 20.6 Å². The number of nitrogen functional groups attached to an aromatic ring is 1. The number of fused-ring (bicyclic) bond motifs is 1. The molecule has 12 nitrogen and oxygen atoms in total. The van der Waals surface area contributed by atoms with Gasteiger partial charge in [0, 0.05) is 25.2 Å².